The van der Waals surface area contributed by atoms with Gasteiger partial charge in [0.05, 0.1) is 23.7 Å². The summed E-state index contributed by atoms with van der Waals surface area (Å²) in [5.41, 5.74) is -0.903. The number of para-hydroxylation sites is 2. The zero-order valence-electron chi connectivity index (χ0n) is 16.3. The number of carboxylic acid groups (broad SMARTS) is 2. The Hall–Kier alpha value is -2.20. The minimum absolute atomic E-state index is 0.0833. The van der Waals surface area contributed by atoms with E-state index in [4.69, 9.17) is 25.2 Å². The predicted octanol–water partition coefficient (Wildman–Crippen LogP) is 3.23. The summed E-state index contributed by atoms with van der Waals surface area (Å²) in [5.74, 6) is -0.191. The maximum atomic E-state index is 9.29. The molecule has 0 radical (unpaired) electrons. The molecule has 0 bridgehead atoms. The second-order valence-electron chi connectivity index (χ2n) is 5.80. The average Bonchev–Trinajstić information content (AvgIpc) is 2.70. The van der Waals surface area contributed by atoms with E-state index in [1.54, 1.807) is 13.8 Å². The van der Waals surface area contributed by atoms with Crippen LogP contribution in [0.4, 0.5) is 0 Å². The van der Waals surface area contributed by atoms with Gasteiger partial charge in [-0.2, -0.15) is 25.3 Å². The lowest BCUT2D eigenvalue weighted by molar-refractivity contribution is -0.134. The molecule has 0 aromatic heterocycles. The van der Waals surface area contributed by atoms with Crippen molar-refractivity contribution >= 4 is 37.2 Å². The molecule has 0 aliphatic carbocycles. The molecule has 162 valence electrons. The van der Waals surface area contributed by atoms with Gasteiger partial charge in [-0.25, -0.2) is 0 Å². The minimum Gasteiger partial charge on any atom is -0.481 e. The molecule has 2 rings (SSSR count). The molecule has 0 amide bonds. The van der Waals surface area contributed by atoms with Gasteiger partial charge in [-0.3, -0.25) is 9.59 Å². The monoisotopic (exact) mass is 444 g/mol. The fourth-order valence-corrected chi connectivity index (χ4v) is 1.11. The third-order valence-corrected chi connectivity index (χ3v) is 2.92. The molecule has 0 fully saturated rings. The standard InChI is InChI=1S/C12H10O.C4H10O2.2C2H4O2S/c1-3-7-11(8-4-1)13-12-9-5-2-6-10-12;1-4(2,6)3-5;2*3-2(4)1-5/h1-10H;5-6H,3H2,1-2H3;2*5H,1H2,(H,3,4). The molecule has 0 unspecified atom stereocenters. The first kappa shape index (κ1) is 29.0. The fourth-order valence-electron chi connectivity index (χ4n) is 1.11. The number of thiol groups is 2. The van der Waals surface area contributed by atoms with Gasteiger partial charge < -0.3 is 25.2 Å². The van der Waals surface area contributed by atoms with Crippen LogP contribution in [-0.4, -0.2) is 56.1 Å². The van der Waals surface area contributed by atoms with Crippen LogP contribution in [0.25, 0.3) is 0 Å². The quantitative estimate of drug-likeness (QED) is 0.391. The Morgan fingerprint density at radius 2 is 1.07 bits per heavy atom. The first-order chi connectivity index (χ1) is 13.6. The molecule has 0 aliphatic rings. The van der Waals surface area contributed by atoms with Crippen molar-refractivity contribution in [3.8, 4) is 11.5 Å². The van der Waals surface area contributed by atoms with E-state index in [2.05, 4.69) is 25.3 Å². The number of rotatable bonds is 5. The van der Waals surface area contributed by atoms with Crippen molar-refractivity contribution in [2.75, 3.05) is 18.1 Å². The number of hydrogen-bond acceptors (Lipinski definition) is 7. The number of carbonyl (C=O) groups is 2. The number of hydrogen-bond donors (Lipinski definition) is 6. The van der Waals surface area contributed by atoms with E-state index in [1.807, 2.05) is 60.7 Å². The molecule has 0 aliphatic heterocycles. The topological polar surface area (TPSA) is 124 Å². The third-order valence-electron chi connectivity index (χ3n) is 2.38. The highest BCUT2D eigenvalue weighted by atomic mass is 32.1. The number of carboxylic acids is 2. The van der Waals surface area contributed by atoms with Crippen molar-refractivity contribution in [1.82, 2.24) is 0 Å². The Kier molecular flexibility index (Phi) is 17.9. The van der Waals surface area contributed by atoms with Crippen LogP contribution in [0.2, 0.25) is 0 Å². The van der Waals surface area contributed by atoms with E-state index in [-0.39, 0.29) is 18.1 Å². The maximum Gasteiger partial charge on any atom is 0.313 e. The summed E-state index contributed by atoms with van der Waals surface area (Å²) in [7, 11) is 0. The Morgan fingerprint density at radius 3 is 1.24 bits per heavy atom. The molecule has 0 saturated carbocycles. The molecular formula is C20H28O7S2. The van der Waals surface area contributed by atoms with Gasteiger partial charge in [0.1, 0.15) is 11.5 Å². The molecular weight excluding hydrogens is 416 g/mol. The van der Waals surface area contributed by atoms with Crippen molar-refractivity contribution in [2.45, 2.75) is 19.4 Å². The summed E-state index contributed by atoms with van der Waals surface area (Å²) in [6.07, 6.45) is 0. The molecule has 0 heterocycles. The molecule has 9 heteroatoms. The molecule has 0 saturated heterocycles. The highest BCUT2D eigenvalue weighted by Crippen LogP contribution is 2.19. The second-order valence-corrected chi connectivity index (χ2v) is 6.43. The number of ether oxygens (including phenoxy) is 1. The lowest BCUT2D eigenvalue weighted by Crippen LogP contribution is -2.23. The zero-order valence-corrected chi connectivity index (χ0v) is 18.1. The third kappa shape index (κ3) is 23.8. The Bertz CT molecular complexity index is 608. The minimum atomic E-state index is -0.903. The molecule has 29 heavy (non-hydrogen) atoms. The van der Waals surface area contributed by atoms with E-state index >= 15 is 0 Å². The summed E-state index contributed by atoms with van der Waals surface area (Å²) in [6.45, 7) is 2.92. The number of benzene rings is 2. The lowest BCUT2D eigenvalue weighted by atomic mass is 10.2. The van der Waals surface area contributed by atoms with Crippen molar-refractivity contribution in [3.63, 3.8) is 0 Å². The van der Waals surface area contributed by atoms with Crippen LogP contribution in [0, 0.1) is 0 Å². The molecule has 7 nitrogen and oxygen atoms in total. The normalized spacial score (nSPS) is 9.31. The molecule has 4 N–H and O–H groups in total. The fraction of sp³-hybridized carbons (Fsp3) is 0.300. The van der Waals surface area contributed by atoms with Crippen LogP contribution >= 0.6 is 25.3 Å². The molecule has 2 aromatic carbocycles. The lowest BCUT2D eigenvalue weighted by Gasteiger charge is -2.10. The van der Waals surface area contributed by atoms with Crippen LogP contribution in [0.1, 0.15) is 13.8 Å². The van der Waals surface area contributed by atoms with Crippen LogP contribution in [0.5, 0.6) is 11.5 Å². The zero-order chi connectivity index (χ0) is 22.7. The summed E-state index contributed by atoms with van der Waals surface area (Å²) in [6, 6.07) is 19.5. The summed E-state index contributed by atoms with van der Waals surface area (Å²) < 4.78 is 5.58. The first-order valence-electron chi connectivity index (χ1n) is 8.32. The van der Waals surface area contributed by atoms with Crippen LogP contribution < -0.4 is 4.74 Å². The maximum absolute atomic E-state index is 9.29. The predicted molar refractivity (Wildman–Crippen MR) is 119 cm³/mol. The van der Waals surface area contributed by atoms with E-state index in [0.29, 0.717) is 0 Å². The van der Waals surface area contributed by atoms with Gasteiger partial charge in [-0.1, -0.05) is 36.4 Å². The summed E-state index contributed by atoms with van der Waals surface area (Å²) >= 11 is 6.83. The van der Waals surface area contributed by atoms with Crippen molar-refractivity contribution in [1.29, 1.82) is 0 Å². The van der Waals surface area contributed by atoms with Gasteiger partial charge in [-0.15, -0.1) is 0 Å². The van der Waals surface area contributed by atoms with Crippen molar-refractivity contribution in [3.05, 3.63) is 60.7 Å². The molecule has 0 spiro atoms. The summed E-state index contributed by atoms with van der Waals surface area (Å²) in [5, 5.41) is 32.0. The molecule has 2 aromatic rings. The Balaban J connectivity index is 0. The van der Waals surface area contributed by atoms with Gasteiger partial charge in [0.2, 0.25) is 0 Å². The van der Waals surface area contributed by atoms with Gasteiger partial charge >= 0.3 is 11.9 Å². The van der Waals surface area contributed by atoms with Gasteiger partial charge in [0, 0.05) is 0 Å². The van der Waals surface area contributed by atoms with Crippen molar-refractivity contribution in [2.24, 2.45) is 0 Å². The highest BCUT2D eigenvalue weighted by molar-refractivity contribution is 7.81. The number of aliphatic hydroxyl groups excluding tert-OH is 1. The van der Waals surface area contributed by atoms with Gasteiger partial charge in [-0.05, 0) is 38.1 Å². The van der Waals surface area contributed by atoms with E-state index < -0.39 is 17.5 Å². The van der Waals surface area contributed by atoms with Gasteiger partial charge in [0.15, 0.2) is 0 Å². The van der Waals surface area contributed by atoms with Crippen LogP contribution in [0.15, 0.2) is 60.7 Å². The average molecular weight is 445 g/mol. The Morgan fingerprint density at radius 1 is 0.828 bits per heavy atom. The SMILES string of the molecule is CC(C)(O)CO.O=C(O)CS.O=C(O)CS.c1ccc(Oc2ccccc2)cc1. The van der Waals surface area contributed by atoms with E-state index in [9.17, 15) is 9.59 Å². The van der Waals surface area contributed by atoms with Crippen molar-refractivity contribution < 1.29 is 34.8 Å². The van der Waals surface area contributed by atoms with Crippen LogP contribution in [-0.2, 0) is 9.59 Å². The highest BCUT2D eigenvalue weighted by Gasteiger charge is 2.07. The largest absolute Gasteiger partial charge is 0.481 e. The smallest absolute Gasteiger partial charge is 0.313 e. The van der Waals surface area contributed by atoms with E-state index in [0.717, 1.165) is 11.5 Å². The first-order valence-corrected chi connectivity index (χ1v) is 9.58. The number of aliphatic carboxylic acids is 2. The second kappa shape index (κ2) is 17.9. The van der Waals surface area contributed by atoms with Gasteiger partial charge in [0.25, 0.3) is 0 Å². The number of aliphatic hydroxyl groups is 2. The summed E-state index contributed by atoms with van der Waals surface area (Å²) in [4.78, 5) is 18.6. The van der Waals surface area contributed by atoms with Crippen LogP contribution in [0.3, 0.4) is 0 Å². The van der Waals surface area contributed by atoms with E-state index in [1.165, 1.54) is 0 Å². The molecule has 0 atom stereocenters. The Labute approximate surface area is 181 Å².